The Kier molecular flexibility index (Phi) is 8.37. The fourth-order valence-electron chi connectivity index (χ4n) is 3.41. The molecule has 1 heterocycles. The summed E-state index contributed by atoms with van der Waals surface area (Å²) in [6.45, 7) is 9.56. The summed E-state index contributed by atoms with van der Waals surface area (Å²) in [6.07, 6.45) is 1.69. The third-order valence-corrected chi connectivity index (χ3v) is 6.18. The van der Waals surface area contributed by atoms with Gasteiger partial charge in [-0.2, -0.15) is 0 Å². The number of aryl methyl sites for hydroxylation is 2. The average Bonchev–Trinajstić information content (AvgIpc) is 3.22. The van der Waals surface area contributed by atoms with E-state index in [-0.39, 0.29) is 23.3 Å². The Hall–Kier alpha value is -3.99. The number of allylic oxidation sites excluding steroid dienone is 1. The molecule has 0 unspecified atom stereocenters. The van der Waals surface area contributed by atoms with Crippen LogP contribution in [0.2, 0.25) is 0 Å². The third kappa shape index (κ3) is 6.33. The number of carbonyl (C=O) groups is 2. The fourth-order valence-corrected chi connectivity index (χ4v) is 4.17. The van der Waals surface area contributed by atoms with Crippen LogP contribution in [-0.2, 0) is 11.3 Å². The quantitative estimate of drug-likeness (QED) is 0.187. The molecule has 0 radical (unpaired) electrons. The lowest BCUT2D eigenvalue weighted by Crippen LogP contribution is -2.29. The molecule has 182 valence electrons. The zero-order valence-corrected chi connectivity index (χ0v) is 20.5. The van der Waals surface area contributed by atoms with E-state index in [1.165, 1.54) is 30.0 Å². The number of rotatable bonds is 10. The summed E-state index contributed by atoms with van der Waals surface area (Å²) in [7, 11) is 0. The van der Waals surface area contributed by atoms with Gasteiger partial charge >= 0.3 is 0 Å². The minimum Gasteiger partial charge on any atom is -0.342 e. The maximum atomic E-state index is 12.7. The van der Waals surface area contributed by atoms with Crippen molar-refractivity contribution in [3.63, 3.8) is 0 Å². The first-order valence-corrected chi connectivity index (χ1v) is 11.8. The van der Waals surface area contributed by atoms with E-state index in [9.17, 15) is 19.7 Å². The number of thioether (sulfide) groups is 1. The predicted octanol–water partition coefficient (Wildman–Crippen LogP) is 4.21. The molecule has 0 saturated carbocycles. The zero-order valence-electron chi connectivity index (χ0n) is 19.6. The zero-order chi connectivity index (χ0) is 25.5. The first-order valence-electron chi connectivity index (χ1n) is 10.8. The van der Waals surface area contributed by atoms with Gasteiger partial charge in [0, 0.05) is 29.9 Å². The number of non-ortho nitro benzene ring substituents is 1. The van der Waals surface area contributed by atoms with Gasteiger partial charge in [-0.25, -0.2) is 0 Å². The smallest absolute Gasteiger partial charge is 0.269 e. The molecule has 1 aromatic heterocycles. The molecule has 0 aliphatic carbocycles. The minimum atomic E-state index is -0.483. The van der Waals surface area contributed by atoms with Gasteiger partial charge in [0.15, 0.2) is 11.0 Å². The van der Waals surface area contributed by atoms with Gasteiger partial charge in [-0.1, -0.05) is 36.0 Å². The van der Waals surface area contributed by atoms with Crippen LogP contribution in [-0.4, -0.2) is 37.3 Å². The number of nitrogens with zero attached hydrogens (tertiary/aromatic N) is 4. The molecule has 2 aromatic carbocycles. The Morgan fingerprint density at radius 2 is 1.94 bits per heavy atom. The lowest BCUT2D eigenvalue weighted by atomic mass is 10.1. The van der Waals surface area contributed by atoms with Crippen LogP contribution in [0.3, 0.4) is 0 Å². The molecule has 0 fully saturated rings. The van der Waals surface area contributed by atoms with Gasteiger partial charge in [-0.15, -0.1) is 16.8 Å². The number of nitrogens with one attached hydrogen (secondary N) is 2. The molecule has 35 heavy (non-hydrogen) atoms. The number of benzene rings is 2. The van der Waals surface area contributed by atoms with Gasteiger partial charge in [0.05, 0.1) is 16.7 Å². The molecule has 3 aromatic rings. The summed E-state index contributed by atoms with van der Waals surface area (Å²) >= 11 is 1.19. The summed E-state index contributed by atoms with van der Waals surface area (Å²) in [5, 5.41) is 25.6. The molecule has 0 aliphatic heterocycles. The minimum absolute atomic E-state index is 0.0384. The first-order chi connectivity index (χ1) is 16.7. The Balaban J connectivity index is 1.67. The summed E-state index contributed by atoms with van der Waals surface area (Å²) in [5.41, 5.74) is 2.51. The Morgan fingerprint density at radius 1 is 1.20 bits per heavy atom. The van der Waals surface area contributed by atoms with Crippen molar-refractivity contribution in [2.75, 3.05) is 11.1 Å². The number of anilines is 1. The lowest BCUT2D eigenvalue weighted by Gasteiger charge is -2.16. The van der Waals surface area contributed by atoms with Crippen LogP contribution < -0.4 is 10.6 Å². The summed E-state index contributed by atoms with van der Waals surface area (Å²) in [4.78, 5) is 35.6. The van der Waals surface area contributed by atoms with Gasteiger partial charge in [-0.3, -0.25) is 19.7 Å². The van der Waals surface area contributed by atoms with Gasteiger partial charge in [0.25, 0.3) is 11.6 Å². The summed E-state index contributed by atoms with van der Waals surface area (Å²) < 4.78 is 1.80. The van der Waals surface area contributed by atoms with Crippen molar-refractivity contribution in [3.8, 4) is 0 Å². The number of nitro groups is 1. The van der Waals surface area contributed by atoms with Crippen molar-refractivity contribution in [2.24, 2.45) is 0 Å². The second-order valence-electron chi connectivity index (χ2n) is 7.84. The van der Waals surface area contributed by atoms with E-state index in [0.717, 1.165) is 5.56 Å². The van der Waals surface area contributed by atoms with E-state index in [4.69, 9.17) is 0 Å². The number of carbonyl (C=O) groups excluding carboxylic acids is 2. The molecule has 0 bridgehead atoms. The van der Waals surface area contributed by atoms with Crippen molar-refractivity contribution in [3.05, 3.63) is 87.7 Å². The van der Waals surface area contributed by atoms with E-state index >= 15 is 0 Å². The number of hydrogen-bond acceptors (Lipinski definition) is 7. The molecule has 0 aliphatic rings. The highest BCUT2D eigenvalue weighted by atomic mass is 32.2. The molecular weight excluding hydrogens is 468 g/mol. The van der Waals surface area contributed by atoms with Crippen LogP contribution in [0, 0.1) is 24.0 Å². The van der Waals surface area contributed by atoms with Crippen LogP contribution in [0.25, 0.3) is 0 Å². The summed E-state index contributed by atoms with van der Waals surface area (Å²) in [6, 6.07) is 11.1. The van der Waals surface area contributed by atoms with Crippen LogP contribution in [0.15, 0.2) is 60.3 Å². The van der Waals surface area contributed by atoms with Crippen molar-refractivity contribution < 1.29 is 14.5 Å². The van der Waals surface area contributed by atoms with E-state index in [2.05, 4.69) is 27.4 Å². The standard InChI is InChI=1S/C24H26N6O4S/c1-5-12-29-22(17(4)25-23(32)19-9-7-6-8-15(19)2)27-28-24(29)35-14-21(31)26-20-11-10-18(30(33)34)13-16(20)3/h5-11,13,17H,1,12,14H2,2-4H3,(H,25,32)(H,26,31)/t17-/m1/s1. The average molecular weight is 495 g/mol. The lowest BCUT2D eigenvalue weighted by molar-refractivity contribution is -0.384. The number of nitro benzene ring substituents is 1. The molecule has 1 atom stereocenters. The van der Waals surface area contributed by atoms with E-state index in [0.29, 0.717) is 34.3 Å². The molecule has 3 rings (SSSR count). The maximum absolute atomic E-state index is 12.7. The Morgan fingerprint density at radius 3 is 2.60 bits per heavy atom. The third-order valence-electron chi connectivity index (χ3n) is 5.21. The van der Waals surface area contributed by atoms with Crippen LogP contribution in [0.5, 0.6) is 0 Å². The molecule has 2 amide bonds. The van der Waals surface area contributed by atoms with Crippen LogP contribution in [0.1, 0.15) is 40.3 Å². The highest BCUT2D eigenvalue weighted by Crippen LogP contribution is 2.24. The van der Waals surface area contributed by atoms with Crippen LogP contribution >= 0.6 is 11.8 Å². The Bertz CT molecular complexity index is 1270. The highest BCUT2D eigenvalue weighted by Gasteiger charge is 2.21. The largest absolute Gasteiger partial charge is 0.342 e. The van der Waals surface area contributed by atoms with E-state index in [1.807, 2.05) is 32.0 Å². The normalized spacial score (nSPS) is 11.5. The van der Waals surface area contributed by atoms with Gasteiger partial charge in [0.2, 0.25) is 5.91 Å². The molecule has 11 heteroatoms. The second kappa shape index (κ2) is 11.4. The Labute approximate surface area is 207 Å². The van der Waals surface area contributed by atoms with Gasteiger partial charge in [-0.05, 0) is 44.0 Å². The number of hydrogen-bond donors (Lipinski definition) is 2. The van der Waals surface area contributed by atoms with Gasteiger partial charge < -0.3 is 15.2 Å². The fraction of sp³-hybridized carbons (Fsp3) is 0.250. The van der Waals surface area contributed by atoms with Gasteiger partial charge in [0.1, 0.15) is 0 Å². The number of amides is 2. The van der Waals surface area contributed by atoms with Crippen molar-refractivity contribution in [1.29, 1.82) is 0 Å². The van der Waals surface area contributed by atoms with Crippen molar-refractivity contribution in [2.45, 2.75) is 38.5 Å². The first kappa shape index (κ1) is 25.6. The summed E-state index contributed by atoms with van der Waals surface area (Å²) in [5.74, 6) is 0.0923. The molecule has 2 N–H and O–H groups in total. The SMILES string of the molecule is C=CCn1c(SCC(=O)Nc2ccc([N+](=O)[O-])cc2C)nnc1[C@@H](C)NC(=O)c1ccccc1C. The monoisotopic (exact) mass is 494 g/mol. The molecule has 0 spiro atoms. The maximum Gasteiger partial charge on any atom is 0.269 e. The van der Waals surface area contributed by atoms with E-state index in [1.54, 1.807) is 23.6 Å². The van der Waals surface area contributed by atoms with E-state index < -0.39 is 11.0 Å². The highest BCUT2D eigenvalue weighted by molar-refractivity contribution is 7.99. The predicted molar refractivity (Wildman–Crippen MR) is 134 cm³/mol. The second-order valence-corrected chi connectivity index (χ2v) is 8.79. The van der Waals surface area contributed by atoms with Crippen molar-refractivity contribution >= 4 is 35.0 Å². The topological polar surface area (TPSA) is 132 Å². The molecule has 10 nitrogen and oxygen atoms in total. The van der Waals surface area contributed by atoms with Crippen molar-refractivity contribution in [1.82, 2.24) is 20.1 Å². The molecule has 0 saturated heterocycles. The molecular formula is C24H26N6O4S. The number of aromatic nitrogens is 3. The van der Waals surface area contributed by atoms with Crippen LogP contribution in [0.4, 0.5) is 11.4 Å².